The van der Waals surface area contributed by atoms with Gasteiger partial charge in [0.25, 0.3) is 0 Å². The van der Waals surface area contributed by atoms with Gasteiger partial charge < -0.3 is 20.8 Å². The molecule has 1 saturated heterocycles. The maximum Gasteiger partial charge on any atom is 0.350 e. The first-order valence-electron chi connectivity index (χ1n) is 5.13. The van der Waals surface area contributed by atoms with E-state index in [4.69, 9.17) is 21.1 Å². The molecular weight excluding hydrogens is 228 g/mol. The third kappa shape index (κ3) is 1.97. The van der Waals surface area contributed by atoms with Crippen LogP contribution in [-0.2, 0) is 4.74 Å². The molecule has 0 spiro atoms. The molecule has 1 aliphatic heterocycles. The van der Waals surface area contributed by atoms with Crippen molar-refractivity contribution in [3.63, 3.8) is 0 Å². The first-order chi connectivity index (χ1) is 8.04. The summed E-state index contributed by atoms with van der Waals surface area (Å²) in [5, 5.41) is 26.0. The van der Waals surface area contributed by atoms with Crippen molar-refractivity contribution >= 4 is 0 Å². The maximum absolute atomic E-state index is 11.7. The van der Waals surface area contributed by atoms with E-state index in [1.165, 1.54) is 12.3 Å². The van der Waals surface area contributed by atoms with Crippen LogP contribution in [0.5, 0.6) is 0 Å². The summed E-state index contributed by atoms with van der Waals surface area (Å²) in [6.07, 6.45) is -0.678. The summed E-state index contributed by atoms with van der Waals surface area (Å²) in [6.45, 7) is -0.221. The fourth-order valence-electron chi connectivity index (χ4n) is 1.81. The fourth-order valence-corrected chi connectivity index (χ4v) is 1.81. The molecule has 0 aliphatic carbocycles. The van der Waals surface area contributed by atoms with Crippen molar-refractivity contribution in [1.29, 1.82) is 5.41 Å². The summed E-state index contributed by atoms with van der Waals surface area (Å²) in [5.74, 6) is 5.37. The van der Waals surface area contributed by atoms with E-state index in [1.54, 1.807) is 0 Å². The molecule has 2 rings (SSSR count). The van der Waals surface area contributed by atoms with Gasteiger partial charge in [-0.25, -0.2) is 4.79 Å². The number of aliphatic hydroxyl groups excluding tert-OH is 2. The Balaban J connectivity index is 2.39. The lowest BCUT2D eigenvalue weighted by Gasteiger charge is -2.17. The number of rotatable bonds is 2. The average Bonchev–Trinajstić information content (AvgIpc) is 2.68. The highest BCUT2D eigenvalue weighted by atomic mass is 16.5. The van der Waals surface area contributed by atoms with Crippen LogP contribution in [0.3, 0.4) is 0 Å². The second-order valence-electron chi connectivity index (χ2n) is 3.90. The zero-order chi connectivity index (χ0) is 12.6. The van der Waals surface area contributed by atoms with Crippen LogP contribution in [0.1, 0.15) is 12.6 Å². The molecule has 0 saturated carbocycles. The van der Waals surface area contributed by atoms with Crippen LogP contribution in [0, 0.1) is 5.41 Å². The van der Waals surface area contributed by atoms with Crippen LogP contribution < -0.4 is 17.0 Å². The molecule has 94 valence electrons. The second-order valence-corrected chi connectivity index (χ2v) is 3.90. The van der Waals surface area contributed by atoms with Crippen LogP contribution in [0.4, 0.5) is 0 Å². The minimum absolute atomic E-state index is 0.141. The number of aliphatic hydroxyl groups is 2. The number of nitrogen functional groups attached to an aromatic ring is 1. The second kappa shape index (κ2) is 4.32. The molecule has 8 nitrogen and oxygen atoms in total. The number of ether oxygens (including phenoxy) is 1. The number of nitrogens with one attached hydrogen (secondary N) is 1. The van der Waals surface area contributed by atoms with Crippen molar-refractivity contribution in [1.82, 2.24) is 9.24 Å². The van der Waals surface area contributed by atoms with Crippen molar-refractivity contribution in [2.24, 2.45) is 0 Å². The van der Waals surface area contributed by atoms with E-state index in [1.807, 2.05) is 0 Å². The fraction of sp³-hybridized carbons (Fsp3) is 0.556. The van der Waals surface area contributed by atoms with Gasteiger partial charge in [-0.05, 0) is 6.07 Å². The molecule has 0 unspecified atom stereocenters. The average molecular weight is 242 g/mol. The molecule has 2 heterocycles. The summed E-state index contributed by atoms with van der Waals surface area (Å²) in [6, 6.07) is 1.32. The van der Waals surface area contributed by atoms with Crippen LogP contribution in [0.2, 0.25) is 0 Å². The molecule has 1 aromatic rings. The molecule has 0 radical (unpaired) electrons. The number of hydrogen-bond acceptors (Lipinski definition) is 6. The number of nitrogens with zero attached hydrogens (tertiary/aromatic N) is 2. The van der Waals surface area contributed by atoms with Gasteiger partial charge in [-0.2, -0.15) is 4.68 Å². The SMILES string of the molecule is N=c1ccn([C@@H]2O[C@H](CO)C[C@H]2O)c(=O)n1N. The van der Waals surface area contributed by atoms with E-state index in [2.05, 4.69) is 0 Å². The Bertz CT molecular complexity index is 522. The van der Waals surface area contributed by atoms with Gasteiger partial charge in [-0.15, -0.1) is 0 Å². The lowest BCUT2D eigenvalue weighted by Crippen LogP contribution is -2.46. The quantitative estimate of drug-likeness (QED) is 0.426. The van der Waals surface area contributed by atoms with E-state index in [-0.39, 0.29) is 18.5 Å². The molecule has 17 heavy (non-hydrogen) atoms. The van der Waals surface area contributed by atoms with E-state index in [0.29, 0.717) is 4.68 Å². The summed E-state index contributed by atoms with van der Waals surface area (Å²) < 4.78 is 7.08. The molecule has 1 fully saturated rings. The monoisotopic (exact) mass is 242 g/mol. The van der Waals surface area contributed by atoms with Gasteiger partial charge in [-0.3, -0.25) is 9.98 Å². The molecule has 0 aromatic carbocycles. The molecule has 1 aromatic heterocycles. The predicted molar refractivity (Wildman–Crippen MR) is 56.3 cm³/mol. The van der Waals surface area contributed by atoms with E-state index >= 15 is 0 Å². The number of aromatic nitrogens is 2. The molecule has 3 atom stereocenters. The van der Waals surface area contributed by atoms with Crippen LogP contribution >= 0.6 is 0 Å². The van der Waals surface area contributed by atoms with Gasteiger partial charge in [-0.1, -0.05) is 0 Å². The Kier molecular flexibility index (Phi) is 3.01. The summed E-state index contributed by atoms with van der Waals surface area (Å²) in [5.41, 5.74) is -0.794. The smallest absolute Gasteiger partial charge is 0.350 e. The molecule has 0 amide bonds. The Labute approximate surface area is 96.0 Å². The molecule has 5 N–H and O–H groups in total. The van der Waals surface area contributed by atoms with Gasteiger partial charge in [0.05, 0.1) is 12.7 Å². The predicted octanol–water partition coefficient (Wildman–Crippen LogP) is -2.52. The highest BCUT2D eigenvalue weighted by Crippen LogP contribution is 2.26. The van der Waals surface area contributed by atoms with Gasteiger partial charge in [0.1, 0.15) is 11.6 Å². The zero-order valence-electron chi connectivity index (χ0n) is 8.98. The first kappa shape index (κ1) is 11.8. The normalized spacial score (nSPS) is 28.5. The van der Waals surface area contributed by atoms with Crippen molar-refractivity contribution in [3.8, 4) is 0 Å². The van der Waals surface area contributed by atoms with Gasteiger partial charge in [0.15, 0.2) is 6.23 Å². The van der Waals surface area contributed by atoms with Crippen molar-refractivity contribution in [3.05, 3.63) is 28.2 Å². The first-order valence-corrected chi connectivity index (χ1v) is 5.13. The van der Waals surface area contributed by atoms with Crippen LogP contribution in [0.15, 0.2) is 17.1 Å². The molecule has 8 heteroatoms. The molecular formula is C9H14N4O4. The van der Waals surface area contributed by atoms with E-state index in [0.717, 1.165) is 4.57 Å². The highest BCUT2D eigenvalue weighted by Gasteiger charge is 2.35. The van der Waals surface area contributed by atoms with Crippen LogP contribution in [0.25, 0.3) is 0 Å². The van der Waals surface area contributed by atoms with Crippen molar-refractivity contribution in [2.75, 3.05) is 12.4 Å². The Morgan fingerprint density at radius 2 is 2.35 bits per heavy atom. The Morgan fingerprint density at radius 3 is 2.94 bits per heavy atom. The highest BCUT2D eigenvalue weighted by molar-refractivity contribution is 4.89. The van der Waals surface area contributed by atoms with Gasteiger partial charge >= 0.3 is 5.69 Å². The third-order valence-corrected chi connectivity index (χ3v) is 2.72. The zero-order valence-corrected chi connectivity index (χ0v) is 8.98. The molecule has 1 aliphatic rings. The topological polar surface area (TPSA) is 126 Å². The number of hydrogen-bond donors (Lipinski definition) is 4. The summed E-state index contributed by atoms with van der Waals surface area (Å²) in [7, 11) is 0. The van der Waals surface area contributed by atoms with Crippen molar-refractivity contribution in [2.45, 2.75) is 24.9 Å². The Hall–Kier alpha value is -1.64. The number of nitrogens with two attached hydrogens (primary N) is 1. The lowest BCUT2D eigenvalue weighted by atomic mass is 10.2. The molecule has 0 bridgehead atoms. The minimum atomic E-state index is -0.888. The Morgan fingerprint density at radius 1 is 1.65 bits per heavy atom. The van der Waals surface area contributed by atoms with Gasteiger partial charge in [0, 0.05) is 12.6 Å². The largest absolute Gasteiger partial charge is 0.394 e. The maximum atomic E-state index is 11.7. The van der Waals surface area contributed by atoms with E-state index in [9.17, 15) is 9.90 Å². The summed E-state index contributed by atoms with van der Waals surface area (Å²) in [4.78, 5) is 11.7. The summed E-state index contributed by atoms with van der Waals surface area (Å²) >= 11 is 0. The standard InChI is InChI=1S/C9H14N4O4/c10-7-1-2-12(9(16)13(7)11)8-6(15)3-5(4-14)17-8/h1-2,5-6,8,10,14-15H,3-4,11H2/t5-,6+,8+/m0/s1. The van der Waals surface area contributed by atoms with Crippen LogP contribution in [-0.4, -0.2) is 38.3 Å². The van der Waals surface area contributed by atoms with E-state index < -0.39 is 24.1 Å². The van der Waals surface area contributed by atoms with Gasteiger partial charge in [0.2, 0.25) is 0 Å². The minimum Gasteiger partial charge on any atom is -0.394 e. The third-order valence-electron chi connectivity index (χ3n) is 2.72. The lowest BCUT2D eigenvalue weighted by molar-refractivity contribution is -0.0535. The van der Waals surface area contributed by atoms with Crippen molar-refractivity contribution < 1.29 is 14.9 Å².